The molecule has 7 heteroatoms. The molecule has 0 bridgehead atoms. The van der Waals surface area contributed by atoms with Crippen molar-refractivity contribution in [3.8, 4) is 0 Å². The summed E-state index contributed by atoms with van der Waals surface area (Å²) in [5.41, 5.74) is 0. The van der Waals surface area contributed by atoms with Crippen LogP contribution in [0, 0.1) is 10.1 Å². The fourth-order valence-corrected chi connectivity index (χ4v) is 1.69. The summed E-state index contributed by atoms with van der Waals surface area (Å²) in [4.78, 5) is 13.8. The van der Waals surface area contributed by atoms with E-state index < -0.39 is 10.7 Å². The maximum atomic E-state index is 10.6. The monoisotopic (exact) mass is 227 g/mol. The van der Waals surface area contributed by atoms with Crippen LogP contribution in [0.25, 0.3) is 0 Å². The maximum absolute atomic E-state index is 10.6. The minimum atomic E-state index is -0.611. The van der Waals surface area contributed by atoms with E-state index in [4.69, 9.17) is 9.47 Å². The number of imidazole rings is 1. The van der Waals surface area contributed by atoms with Gasteiger partial charge in [-0.15, -0.1) is 0 Å². The lowest BCUT2D eigenvalue weighted by atomic mass is 10.3. The van der Waals surface area contributed by atoms with E-state index in [0.29, 0.717) is 13.2 Å². The van der Waals surface area contributed by atoms with E-state index in [1.54, 1.807) is 6.20 Å². The summed E-state index contributed by atoms with van der Waals surface area (Å²) in [5, 5.41) is 10.6. The van der Waals surface area contributed by atoms with Crippen LogP contribution in [-0.4, -0.2) is 33.0 Å². The third-order valence-corrected chi connectivity index (χ3v) is 2.32. The Morgan fingerprint density at radius 1 is 1.75 bits per heavy atom. The molecule has 1 aromatic rings. The van der Waals surface area contributed by atoms with Gasteiger partial charge in [-0.25, -0.2) is 4.57 Å². The molecule has 1 aliphatic rings. The smallest absolute Gasteiger partial charge is 0.390 e. The first-order chi connectivity index (χ1) is 7.48. The van der Waals surface area contributed by atoms with Crippen LogP contribution < -0.4 is 0 Å². The molecular formula is C9H13N3O4. The molecule has 2 heterocycles. The fourth-order valence-electron chi connectivity index (χ4n) is 1.69. The van der Waals surface area contributed by atoms with Crippen molar-refractivity contribution in [3.63, 3.8) is 0 Å². The lowest BCUT2D eigenvalue weighted by Gasteiger charge is -2.16. The highest BCUT2D eigenvalue weighted by Gasteiger charge is 2.34. The van der Waals surface area contributed by atoms with E-state index >= 15 is 0 Å². The maximum Gasteiger partial charge on any atom is 0.434 e. The minimum Gasteiger partial charge on any atom is -0.390 e. The Bertz CT molecular complexity index is 401. The van der Waals surface area contributed by atoms with Crippen molar-refractivity contribution in [3.05, 3.63) is 22.5 Å². The third kappa shape index (κ3) is 2.20. The van der Waals surface area contributed by atoms with Crippen molar-refractivity contribution >= 4 is 5.95 Å². The normalized spacial score (nSPS) is 23.5. The number of ether oxygens (including phenoxy) is 2. The summed E-state index contributed by atoms with van der Waals surface area (Å²) in [7, 11) is 0. The zero-order valence-corrected chi connectivity index (χ0v) is 9.12. The largest absolute Gasteiger partial charge is 0.434 e. The van der Waals surface area contributed by atoms with Gasteiger partial charge in [0.2, 0.25) is 0 Å². The van der Waals surface area contributed by atoms with Crippen molar-refractivity contribution in [1.82, 2.24) is 9.55 Å². The third-order valence-electron chi connectivity index (χ3n) is 2.32. The second-order valence-electron chi connectivity index (χ2n) is 4.09. The highest BCUT2D eigenvalue weighted by atomic mass is 16.7. The molecule has 0 radical (unpaired) electrons. The number of nitrogens with zero attached hydrogens (tertiary/aromatic N) is 3. The van der Waals surface area contributed by atoms with Crippen LogP contribution >= 0.6 is 0 Å². The van der Waals surface area contributed by atoms with Crippen LogP contribution in [-0.2, 0) is 16.0 Å². The van der Waals surface area contributed by atoms with Gasteiger partial charge < -0.3 is 19.6 Å². The van der Waals surface area contributed by atoms with E-state index in [-0.39, 0.29) is 12.1 Å². The van der Waals surface area contributed by atoms with Crippen LogP contribution in [0.1, 0.15) is 13.8 Å². The standard InChI is InChI=1S/C9H13N3O4/c1-9(2)15-6-7(16-9)5-11-4-3-10-8(11)12(13)14/h3-4,7H,5-6H2,1-2H3. The zero-order valence-electron chi connectivity index (χ0n) is 9.12. The van der Waals surface area contributed by atoms with Crippen LogP contribution in [0.4, 0.5) is 5.95 Å². The van der Waals surface area contributed by atoms with Gasteiger partial charge in [0, 0.05) is 0 Å². The lowest BCUT2D eigenvalue weighted by molar-refractivity contribution is -0.397. The average Bonchev–Trinajstić information content (AvgIpc) is 2.73. The lowest BCUT2D eigenvalue weighted by Crippen LogP contribution is -2.24. The van der Waals surface area contributed by atoms with Gasteiger partial charge in [-0.1, -0.05) is 4.98 Å². The Morgan fingerprint density at radius 2 is 2.50 bits per heavy atom. The average molecular weight is 227 g/mol. The van der Waals surface area contributed by atoms with Crippen LogP contribution in [0.15, 0.2) is 12.4 Å². The Kier molecular flexibility index (Phi) is 2.64. The number of aromatic nitrogens is 2. The predicted octanol–water partition coefficient (Wildman–Crippen LogP) is 0.943. The van der Waals surface area contributed by atoms with Crippen molar-refractivity contribution < 1.29 is 14.4 Å². The number of hydrogen-bond donors (Lipinski definition) is 0. The van der Waals surface area contributed by atoms with E-state index in [2.05, 4.69) is 4.98 Å². The van der Waals surface area contributed by atoms with Gasteiger partial charge in [0.15, 0.2) is 5.79 Å². The summed E-state index contributed by atoms with van der Waals surface area (Å²) >= 11 is 0. The Labute approximate surface area is 92.1 Å². The SMILES string of the molecule is CC1(C)OCC(Cn2ccnc2[N+](=O)[O-])O1. The van der Waals surface area contributed by atoms with E-state index in [9.17, 15) is 10.1 Å². The first-order valence-corrected chi connectivity index (χ1v) is 4.95. The molecule has 88 valence electrons. The number of hydrogen-bond acceptors (Lipinski definition) is 5. The molecule has 1 unspecified atom stereocenters. The molecular weight excluding hydrogens is 214 g/mol. The highest BCUT2D eigenvalue weighted by molar-refractivity contribution is 5.06. The van der Waals surface area contributed by atoms with Gasteiger partial charge in [0.05, 0.1) is 6.61 Å². The zero-order chi connectivity index (χ0) is 11.8. The molecule has 0 saturated carbocycles. The second-order valence-corrected chi connectivity index (χ2v) is 4.09. The summed E-state index contributed by atoms with van der Waals surface area (Å²) in [6.07, 6.45) is 2.79. The Hall–Kier alpha value is -1.47. The Morgan fingerprint density at radius 3 is 3.06 bits per heavy atom. The van der Waals surface area contributed by atoms with Gasteiger partial charge in [-0.2, -0.15) is 0 Å². The second kappa shape index (κ2) is 3.84. The summed E-state index contributed by atoms with van der Waals surface area (Å²) in [6.45, 7) is 4.44. The quantitative estimate of drug-likeness (QED) is 0.567. The molecule has 0 N–H and O–H groups in total. The first-order valence-electron chi connectivity index (χ1n) is 4.95. The van der Waals surface area contributed by atoms with E-state index in [1.807, 2.05) is 13.8 Å². The minimum absolute atomic E-state index is 0.173. The molecule has 1 aromatic heterocycles. The molecule has 0 spiro atoms. The summed E-state index contributed by atoms with van der Waals surface area (Å²) in [5.74, 6) is -0.784. The summed E-state index contributed by atoms with van der Waals surface area (Å²) < 4.78 is 12.4. The molecule has 2 rings (SSSR count). The van der Waals surface area contributed by atoms with Crippen molar-refractivity contribution in [1.29, 1.82) is 0 Å². The van der Waals surface area contributed by atoms with Gasteiger partial charge in [-0.05, 0) is 18.8 Å². The van der Waals surface area contributed by atoms with Gasteiger partial charge >= 0.3 is 5.95 Å². The summed E-state index contributed by atoms with van der Waals surface area (Å²) in [6, 6.07) is 0. The van der Waals surface area contributed by atoms with Gasteiger partial charge in [-0.3, -0.25) is 0 Å². The van der Waals surface area contributed by atoms with Crippen molar-refractivity contribution in [2.24, 2.45) is 0 Å². The van der Waals surface area contributed by atoms with E-state index in [1.165, 1.54) is 10.8 Å². The van der Waals surface area contributed by atoms with Crippen molar-refractivity contribution in [2.45, 2.75) is 32.3 Å². The Balaban J connectivity index is 2.05. The molecule has 1 aliphatic heterocycles. The molecule has 0 aromatic carbocycles. The molecule has 16 heavy (non-hydrogen) atoms. The van der Waals surface area contributed by atoms with E-state index in [0.717, 1.165) is 0 Å². The van der Waals surface area contributed by atoms with Gasteiger partial charge in [0.25, 0.3) is 0 Å². The fraction of sp³-hybridized carbons (Fsp3) is 0.667. The number of rotatable bonds is 3. The van der Waals surface area contributed by atoms with Crippen LogP contribution in [0.2, 0.25) is 0 Å². The molecule has 0 amide bonds. The predicted molar refractivity (Wildman–Crippen MR) is 53.8 cm³/mol. The molecule has 0 aliphatic carbocycles. The molecule has 1 atom stereocenters. The number of nitro groups is 1. The molecule has 1 saturated heterocycles. The van der Waals surface area contributed by atoms with Crippen molar-refractivity contribution in [2.75, 3.05) is 6.61 Å². The topological polar surface area (TPSA) is 79.4 Å². The van der Waals surface area contributed by atoms with Crippen LogP contribution in [0.3, 0.4) is 0 Å². The molecule has 1 fully saturated rings. The van der Waals surface area contributed by atoms with Gasteiger partial charge in [0.1, 0.15) is 25.0 Å². The molecule has 7 nitrogen and oxygen atoms in total. The highest BCUT2D eigenvalue weighted by Crippen LogP contribution is 2.24. The van der Waals surface area contributed by atoms with Crippen LogP contribution in [0.5, 0.6) is 0 Å². The first kappa shape index (κ1) is 11.0.